The maximum atomic E-state index is 11.4. The molecule has 0 N–H and O–H groups in total. The molecule has 14 heteroatoms. The zero-order chi connectivity index (χ0) is 21.7. The fourth-order valence-corrected chi connectivity index (χ4v) is 3.30. The SMILES string of the molecule is CC[N+](C)(CC)c1ccccc1.O=S(=O)([N-]S(=O)(=O)C(F)(F)F)C(F)(F)F. The van der Waals surface area contributed by atoms with Crippen LogP contribution < -0.4 is 4.48 Å². The highest BCUT2D eigenvalue weighted by molar-refractivity contribution is 8.13. The van der Waals surface area contributed by atoms with Crippen LogP contribution in [0.15, 0.2) is 30.3 Å². The molecule has 0 saturated carbocycles. The summed E-state index contributed by atoms with van der Waals surface area (Å²) in [6.45, 7) is 6.77. The third-order valence-corrected chi connectivity index (χ3v) is 6.30. The van der Waals surface area contributed by atoms with Gasteiger partial charge in [-0.1, -0.05) is 18.2 Å². The molecule has 0 atom stereocenters. The summed E-state index contributed by atoms with van der Waals surface area (Å²) in [5.41, 5.74) is -11.0. The van der Waals surface area contributed by atoms with Crippen molar-refractivity contribution < 1.29 is 43.2 Å². The molecule has 0 aliphatic carbocycles. The van der Waals surface area contributed by atoms with Gasteiger partial charge in [0.05, 0.1) is 20.1 Å². The molecule has 1 rings (SSSR count). The average molecular weight is 444 g/mol. The van der Waals surface area contributed by atoms with Crippen molar-refractivity contribution in [3.63, 3.8) is 0 Å². The molecule has 0 aliphatic rings. The van der Waals surface area contributed by atoms with Crippen LogP contribution in [-0.4, -0.2) is 48.0 Å². The lowest BCUT2D eigenvalue weighted by atomic mass is 10.2. The maximum Gasteiger partial charge on any atom is 0.480 e. The Kier molecular flexibility index (Phi) is 8.30. The molecule has 158 valence electrons. The molecule has 0 radical (unpaired) electrons. The quantitative estimate of drug-likeness (QED) is 0.512. The molecule has 1 aromatic rings. The average Bonchev–Trinajstić information content (AvgIpc) is 2.52. The first kappa shape index (κ1) is 25.6. The van der Waals surface area contributed by atoms with Crippen LogP contribution in [0.25, 0.3) is 4.13 Å². The van der Waals surface area contributed by atoms with Crippen molar-refractivity contribution in [3.05, 3.63) is 34.5 Å². The Labute approximate surface area is 153 Å². The minimum atomic E-state index is -6.72. The largest absolute Gasteiger partial charge is 0.480 e. The van der Waals surface area contributed by atoms with Crippen molar-refractivity contribution in [2.75, 3.05) is 20.1 Å². The van der Waals surface area contributed by atoms with Crippen LogP contribution in [0.2, 0.25) is 0 Å². The van der Waals surface area contributed by atoms with E-state index in [1.54, 1.807) is 0 Å². The van der Waals surface area contributed by atoms with E-state index in [4.69, 9.17) is 0 Å². The second-order valence-corrected chi connectivity index (χ2v) is 8.70. The highest BCUT2D eigenvalue weighted by Gasteiger charge is 2.46. The Bertz CT molecular complexity index is 759. The lowest BCUT2D eigenvalue weighted by molar-refractivity contribution is -0.0444. The Balaban J connectivity index is 0.000000511. The predicted molar refractivity (Wildman–Crippen MR) is 88.6 cm³/mol. The van der Waals surface area contributed by atoms with Crippen molar-refractivity contribution in [1.29, 1.82) is 0 Å². The number of halogens is 6. The molecule has 0 heterocycles. The molecule has 0 fully saturated rings. The van der Waals surface area contributed by atoms with E-state index in [1.807, 2.05) is 0 Å². The van der Waals surface area contributed by atoms with E-state index in [2.05, 4.69) is 51.2 Å². The molecular weight excluding hydrogens is 426 g/mol. The summed E-state index contributed by atoms with van der Waals surface area (Å²) in [6.07, 6.45) is 0. The van der Waals surface area contributed by atoms with Gasteiger partial charge in [0.25, 0.3) is 0 Å². The summed E-state index contributed by atoms with van der Waals surface area (Å²) in [4.78, 5) is 0. The van der Waals surface area contributed by atoms with Gasteiger partial charge in [-0.25, -0.2) is 16.8 Å². The molecule has 0 aromatic heterocycles. The number of hydrogen-bond donors (Lipinski definition) is 0. The zero-order valence-corrected chi connectivity index (χ0v) is 16.0. The van der Waals surface area contributed by atoms with Crippen LogP contribution in [0, 0.1) is 0 Å². The first-order valence-electron chi connectivity index (χ1n) is 7.20. The molecule has 1 aromatic carbocycles. The standard InChI is InChI=1S/C11H18N.C2F6NO4S2/c1-4-12(3,5-2)11-9-7-6-8-10-11;3-1(4,5)14(10,11)9-15(12,13)2(6,7)8/h6-10H,4-5H2,1-3H3;/q+1;-1. The van der Waals surface area contributed by atoms with E-state index < -0.39 is 31.1 Å². The number of quaternary nitrogens is 1. The van der Waals surface area contributed by atoms with Gasteiger partial charge in [0.15, 0.2) is 20.0 Å². The zero-order valence-electron chi connectivity index (χ0n) is 14.4. The highest BCUT2D eigenvalue weighted by atomic mass is 32.3. The summed E-state index contributed by atoms with van der Waals surface area (Å²) in [5, 5.41) is 0. The molecule has 0 aliphatic heterocycles. The van der Waals surface area contributed by atoms with Crippen LogP contribution in [0.3, 0.4) is 0 Å². The molecule has 27 heavy (non-hydrogen) atoms. The molecule has 0 bridgehead atoms. The van der Waals surface area contributed by atoms with Crippen molar-refractivity contribution in [2.24, 2.45) is 0 Å². The Morgan fingerprint density at radius 3 is 1.41 bits per heavy atom. The Morgan fingerprint density at radius 2 is 1.15 bits per heavy atom. The van der Waals surface area contributed by atoms with Gasteiger partial charge in [-0.15, -0.1) is 0 Å². The van der Waals surface area contributed by atoms with Crippen molar-refractivity contribution in [2.45, 2.75) is 24.9 Å². The van der Waals surface area contributed by atoms with Gasteiger partial charge in [0, 0.05) is 0 Å². The number of benzene rings is 1. The minimum Gasteiger partial charge on any atom is -0.421 e. The number of sulfonamides is 2. The summed E-state index contributed by atoms with van der Waals surface area (Å²) in [7, 11) is -11.2. The fraction of sp³-hybridized carbons (Fsp3) is 0.538. The van der Waals surface area contributed by atoms with Gasteiger partial charge in [-0.2, -0.15) is 26.3 Å². The molecule has 0 spiro atoms. The van der Waals surface area contributed by atoms with Crippen LogP contribution >= 0.6 is 0 Å². The highest BCUT2D eigenvalue weighted by Crippen LogP contribution is 2.36. The third-order valence-electron chi connectivity index (χ3n) is 3.56. The minimum absolute atomic E-state index is 0.778. The lowest BCUT2D eigenvalue weighted by Gasteiger charge is -2.31. The first-order valence-corrected chi connectivity index (χ1v) is 10.1. The number of rotatable bonds is 5. The number of nitrogens with zero attached hydrogens (tertiary/aromatic N) is 2. The number of hydrogen-bond acceptors (Lipinski definition) is 4. The van der Waals surface area contributed by atoms with Gasteiger partial charge in [-0.3, -0.25) is 4.48 Å². The molecule has 0 amide bonds. The second-order valence-electron chi connectivity index (χ2n) is 5.28. The van der Waals surface area contributed by atoms with E-state index in [1.165, 1.54) is 5.69 Å². The smallest absolute Gasteiger partial charge is 0.421 e. The van der Waals surface area contributed by atoms with E-state index in [-0.39, 0.29) is 0 Å². The molecule has 6 nitrogen and oxygen atoms in total. The normalized spacial score (nSPS) is 13.7. The summed E-state index contributed by atoms with van der Waals surface area (Å²) < 4.78 is 110. The molecular formula is C13H18F6N2O4S2. The van der Waals surface area contributed by atoms with E-state index in [0.29, 0.717) is 0 Å². The second kappa shape index (κ2) is 8.75. The van der Waals surface area contributed by atoms with Crippen LogP contribution in [-0.2, 0) is 20.0 Å². The van der Waals surface area contributed by atoms with Gasteiger partial charge in [0.1, 0.15) is 5.69 Å². The summed E-state index contributed by atoms with van der Waals surface area (Å²) in [6, 6.07) is 10.7. The van der Waals surface area contributed by atoms with Gasteiger partial charge in [0.2, 0.25) is 0 Å². The number of para-hydroxylation sites is 1. The van der Waals surface area contributed by atoms with Crippen LogP contribution in [0.1, 0.15) is 13.8 Å². The van der Waals surface area contributed by atoms with Crippen molar-refractivity contribution in [1.82, 2.24) is 4.48 Å². The molecule has 0 unspecified atom stereocenters. The van der Waals surface area contributed by atoms with Gasteiger partial charge in [-0.05, 0) is 26.0 Å². The first-order chi connectivity index (χ1) is 11.9. The Morgan fingerprint density at radius 1 is 0.815 bits per heavy atom. The fourth-order valence-electron chi connectivity index (χ4n) is 1.59. The topological polar surface area (TPSA) is 82.4 Å². The monoisotopic (exact) mass is 444 g/mol. The summed E-state index contributed by atoms with van der Waals surface area (Å²) in [5.74, 6) is 0. The van der Waals surface area contributed by atoms with Crippen molar-refractivity contribution >= 4 is 25.7 Å². The molecule has 0 saturated heterocycles. The van der Waals surface area contributed by atoms with E-state index in [0.717, 1.165) is 21.7 Å². The van der Waals surface area contributed by atoms with Gasteiger partial charge >= 0.3 is 11.0 Å². The van der Waals surface area contributed by atoms with Crippen molar-refractivity contribution in [3.8, 4) is 0 Å². The van der Waals surface area contributed by atoms with Gasteiger partial charge < -0.3 is 4.13 Å². The van der Waals surface area contributed by atoms with Crippen LogP contribution in [0.5, 0.6) is 0 Å². The number of alkyl halides is 6. The summed E-state index contributed by atoms with van der Waals surface area (Å²) >= 11 is 0. The maximum absolute atomic E-state index is 11.4. The Hall–Kier alpha value is -1.38. The lowest BCUT2D eigenvalue weighted by Crippen LogP contribution is -2.44. The van der Waals surface area contributed by atoms with Crippen LogP contribution in [0.4, 0.5) is 32.0 Å². The predicted octanol–water partition coefficient (Wildman–Crippen LogP) is 3.72. The van der Waals surface area contributed by atoms with E-state index >= 15 is 0 Å². The van der Waals surface area contributed by atoms with E-state index in [9.17, 15) is 43.2 Å². The third kappa shape index (κ3) is 6.93.